The lowest BCUT2D eigenvalue weighted by atomic mass is 10.2. The van der Waals surface area contributed by atoms with Crippen molar-refractivity contribution < 1.29 is 0 Å². The third-order valence-corrected chi connectivity index (χ3v) is 2.26. The van der Waals surface area contributed by atoms with Crippen molar-refractivity contribution in [1.82, 2.24) is 9.97 Å². The summed E-state index contributed by atoms with van der Waals surface area (Å²) in [5, 5.41) is 3.22. The Balaban J connectivity index is 2.70. The zero-order valence-corrected chi connectivity index (χ0v) is 10.0. The molecular formula is C9H15BrN4. The fourth-order valence-corrected chi connectivity index (χ4v) is 1.50. The lowest BCUT2D eigenvalue weighted by Crippen LogP contribution is -2.17. The Kier molecular flexibility index (Phi) is 4.13. The number of hydrogen-bond donors (Lipinski definition) is 2. The molecule has 5 heteroatoms. The molecule has 78 valence electrons. The van der Waals surface area contributed by atoms with Gasteiger partial charge in [0.1, 0.15) is 4.60 Å². The van der Waals surface area contributed by atoms with E-state index in [0.29, 0.717) is 22.3 Å². The molecule has 1 unspecified atom stereocenters. The second-order valence-corrected chi connectivity index (χ2v) is 4.07. The van der Waals surface area contributed by atoms with Crippen LogP contribution in [0, 0.1) is 0 Å². The van der Waals surface area contributed by atoms with E-state index < -0.39 is 0 Å². The smallest absolute Gasteiger partial charge is 0.170 e. The summed E-state index contributed by atoms with van der Waals surface area (Å²) in [6.45, 7) is 4.25. The highest BCUT2D eigenvalue weighted by Gasteiger charge is 2.06. The van der Waals surface area contributed by atoms with E-state index in [9.17, 15) is 0 Å². The predicted octanol–water partition coefficient (Wildman–Crippen LogP) is 2.42. The molecule has 1 atom stereocenters. The Morgan fingerprint density at radius 3 is 3.00 bits per heavy atom. The molecule has 3 N–H and O–H groups in total. The highest BCUT2D eigenvalue weighted by atomic mass is 79.9. The van der Waals surface area contributed by atoms with Crippen LogP contribution in [0.1, 0.15) is 26.7 Å². The third kappa shape index (κ3) is 3.14. The minimum absolute atomic E-state index is 0.367. The SMILES string of the molecule is CCCC(C)Nc1nc(Br)cnc1N. The first-order chi connectivity index (χ1) is 6.63. The molecule has 0 aliphatic rings. The predicted molar refractivity (Wildman–Crippen MR) is 62.1 cm³/mol. The number of anilines is 2. The quantitative estimate of drug-likeness (QED) is 0.871. The Labute approximate surface area is 92.5 Å². The molecule has 1 aromatic rings. The highest BCUT2D eigenvalue weighted by Crippen LogP contribution is 2.17. The topological polar surface area (TPSA) is 63.8 Å². The van der Waals surface area contributed by atoms with Crippen molar-refractivity contribution in [2.75, 3.05) is 11.1 Å². The van der Waals surface area contributed by atoms with Gasteiger partial charge < -0.3 is 11.1 Å². The van der Waals surface area contributed by atoms with Crippen molar-refractivity contribution in [1.29, 1.82) is 0 Å². The molecule has 1 heterocycles. The fourth-order valence-electron chi connectivity index (χ4n) is 1.22. The first-order valence-corrected chi connectivity index (χ1v) is 5.47. The van der Waals surface area contributed by atoms with Crippen molar-refractivity contribution in [3.8, 4) is 0 Å². The van der Waals surface area contributed by atoms with Crippen LogP contribution in [-0.2, 0) is 0 Å². The van der Waals surface area contributed by atoms with Gasteiger partial charge in [-0.25, -0.2) is 9.97 Å². The van der Waals surface area contributed by atoms with Gasteiger partial charge >= 0.3 is 0 Å². The second-order valence-electron chi connectivity index (χ2n) is 3.26. The minimum Gasteiger partial charge on any atom is -0.381 e. The second kappa shape index (κ2) is 5.14. The molecule has 0 aliphatic carbocycles. The molecule has 0 amide bonds. The summed E-state index contributed by atoms with van der Waals surface area (Å²) in [5.74, 6) is 1.09. The van der Waals surface area contributed by atoms with E-state index in [-0.39, 0.29) is 0 Å². The van der Waals surface area contributed by atoms with Gasteiger partial charge in [-0.2, -0.15) is 0 Å². The molecule has 14 heavy (non-hydrogen) atoms. The maximum absolute atomic E-state index is 5.68. The van der Waals surface area contributed by atoms with E-state index in [1.807, 2.05) is 0 Å². The Morgan fingerprint density at radius 2 is 2.36 bits per heavy atom. The number of nitrogens with two attached hydrogens (primary N) is 1. The molecule has 0 bridgehead atoms. The van der Waals surface area contributed by atoms with Crippen LogP contribution in [0.15, 0.2) is 10.8 Å². The Hall–Kier alpha value is -0.840. The zero-order valence-electron chi connectivity index (χ0n) is 8.42. The average molecular weight is 259 g/mol. The van der Waals surface area contributed by atoms with E-state index in [2.05, 4.69) is 45.1 Å². The molecule has 0 fully saturated rings. The molecule has 0 aromatic carbocycles. The van der Waals surface area contributed by atoms with Gasteiger partial charge in [0, 0.05) is 6.04 Å². The highest BCUT2D eigenvalue weighted by molar-refractivity contribution is 9.10. The molecule has 0 radical (unpaired) electrons. The normalized spacial score (nSPS) is 12.5. The number of halogens is 1. The van der Waals surface area contributed by atoms with Crippen LogP contribution in [0.4, 0.5) is 11.6 Å². The van der Waals surface area contributed by atoms with Crippen molar-refractivity contribution in [3.63, 3.8) is 0 Å². The van der Waals surface area contributed by atoms with Gasteiger partial charge in [-0.05, 0) is 29.3 Å². The summed E-state index contributed by atoms with van der Waals surface area (Å²) in [6.07, 6.45) is 3.81. The largest absolute Gasteiger partial charge is 0.381 e. The number of nitrogens with zero attached hydrogens (tertiary/aromatic N) is 2. The Morgan fingerprint density at radius 1 is 1.64 bits per heavy atom. The van der Waals surface area contributed by atoms with Crippen LogP contribution in [0.5, 0.6) is 0 Å². The number of hydrogen-bond acceptors (Lipinski definition) is 4. The van der Waals surface area contributed by atoms with Crippen LogP contribution < -0.4 is 11.1 Å². The molecule has 1 rings (SSSR count). The van der Waals surface area contributed by atoms with Crippen molar-refractivity contribution >= 4 is 27.6 Å². The standard InChI is InChI=1S/C9H15BrN4/c1-3-4-6(2)13-9-8(11)12-5-7(10)14-9/h5-6H,3-4H2,1-2H3,(H2,11,12)(H,13,14). The van der Waals surface area contributed by atoms with E-state index in [1.165, 1.54) is 0 Å². The van der Waals surface area contributed by atoms with Gasteiger partial charge in [-0.1, -0.05) is 13.3 Å². The first kappa shape index (κ1) is 11.2. The van der Waals surface area contributed by atoms with Crippen LogP contribution in [0.25, 0.3) is 0 Å². The summed E-state index contributed by atoms with van der Waals surface area (Å²) < 4.78 is 0.692. The summed E-state index contributed by atoms with van der Waals surface area (Å²) in [7, 11) is 0. The number of nitrogen functional groups attached to an aromatic ring is 1. The Bertz CT molecular complexity index is 303. The number of aromatic nitrogens is 2. The van der Waals surface area contributed by atoms with Gasteiger partial charge in [-0.3, -0.25) is 0 Å². The van der Waals surface area contributed by atoms with Crippen LogP contribution in [-0.4, -0.2) is 16.0 Å². The zero-order chi connectivity index (χ0) is 10.6. The van der Waals surface area contributed by atoms with E-state index in [4.69, 9.17) is 5.73 Å². The molecule has 1 aromatic heterocycles. The number of rotatable bonds is 4. The van der Waals surface area contributed by atoms with Crippen molar-refractivity contribution in [2.24, 2.45) is 0 Å². The molecule has 0 aliphatic heterocycles. The maximum atomic E-state index is 5.68. The first-order valence-electron chi connectivity index (χ1n) is 4.68. The van der Waals surface area contributed by atoms with Gasteiger partial charge in [-0.15, -0.1) is 0 Å². The van der Waals surface area contributed by atoms with E-state index in [1.54, 1.807) is 6.20 Å². The summed E-state index contributed by atoms with van der Waals surface area (Å²) >= 11 is 3.26. The third-order valence-electron chi connectivity index (χ3n) is 1.88. The number of nitrogens with one attached hydrogen (secondary N) is 1. The van der Waals surface area contributed by atoms with Crippen molar-refractivity contribution in [3.05, 3.63) is 10.8 Å². The lowest BCUT2D eigenvalue weighted by Gasteiger charge is -2.14. The molecule has 0 saturated heterocycles. The minimum atomic E-state index is 0.367. The molecule has 0 spiro atoms. The van der Waals surface area contributed by atoms with Gasteiger partial charge in [0.05, 0.1) is 6.20 Å². The summed E-state index contributed by atoms with van der Waals surface area (Å²) in [5.41, 5.74) is 5.68. The molecular weight excluding hydrogens is 244 g/mol. The average Bonchev–Trinajstić information content (AvgIpc) is 2.12. The summed E-state index contributed by atoms with van der Waals surface area (Å²) in [4.78, 5) is 8.21. The summed E-state index contributed by atoms with van der Waals surface area (Å²) in [6, 6.07) is 0.367. The molecule has 0 saturated carbocycles. The van der Waals surface area contributed by atoms with E-state index in [0.717, 1.165) is 12.8 Å². The van der Waals surface area contributed by atoms with Gasteiger partial charge in [0.2, 0.25) is 0 Å². The molecule has 4 nitrogen and oxygen atoms in total. The van der Waals surface area contributed by atoms with Gasteiger partial charge in [0.25, 0.3) is 0 Å². The van der Waals surface area contributed by atoms with Crippen LogP contribution in [0.3, 0.4) is 0 Å². The van der Waals surface area contributed by atoms with Crippen LogP contribution in [0.2, 0.25) is 0 Å². The maximum Gasteiger partial charge on any atom is 0.170 e. The van der Waals surface area contributed by atoms with Crippen LogP contribution >= 0.6 is 15.9 Å². The van der Waals surface area contributed by atoms with E-state index >= 15 is 0 Å². The lowest BCUT2D eigenvalue weighted by molar-refractivity contribution is 0.687. The fraction of sp³-hybridized carbons (Fsp3) is 0.556. The van der Waals surface area contributed by atoms with Crippen molar-refractivity contribution in [2.45, 2.75) is 32.7 Å². The monoisotopic (exact) mass is 258 g/mol. The van der Waals surface area contributed by atoms with Gasteiger partial charge in [0.15, 0.2) is 11.6 Å².